The van der Waals surface area contributed by atoms with Gasteiger partial charge in [0.2, 0.25) is 0 Å². The van der Waals surface area contributed by atoms with Gasteiger partial charge in [-0.05, 0) is 12.8 Å². The van der Waals surface area contributed by atoms with Gasteiger partial charge in [0, 0.05) is 23.4 Å². The van der Waals surface area contributed by atoms with Gasteiger partial charge in [-0.2, -0.15) is 0 Å². The van der Waals surface area contributed by atoms with Crippen LogP contribution in [0.15, 0.2) is 19.2 Å². The van der Waals surface area contributed by atoms with Crippen LogP contribution in [-0.2, 0) is 5.75 Å². The van der Waals surface area contributed by atoms with E-state index in [1.807, 2.05) is 0 Å². The van der Waals surface area contributed by atoms with E-state index in [0.29, 0.717) is 34.0 Å². The number of thioether (sulfide) groups is 1. The lowest BCUT2D eigenvalue weighted by Gasteiger charge is -2.05. The number of hydrogen-bond acceptors (Lipinski definition) is 6. The quantitative estimate of drug-likeness (QED) is 0.657. The Morgan fingerprint density at radius 1 is 1.27 bits per heavy atom. The van der Waals surface area contributed by atoms with Crippen molar-refractivity contribution in [2.45, 2.75) is 44.2 Å². The second kappa shape index (κ2) is 6.93. The van der Waals surface area contributed by atoms with Crippen molar-refractivity contribution in [1.82, 2.24) is 20.2 Å². The van der Waals surface area contributed by atoms with Gasteiger partial charge in [-0.3, -0.25) is 9.78 Å². The van der Waals surface area contributed by atoms with Gasteiger partial charge >= 0.3 is 5.69 Å². The molecule has 5 N–H and O–H groups in total. The summed E-state index contributed by atoms with van der Waals surface area (Å²) in [5.74, 6) is 1.34. The summed E-state index contributed by atoms with van der Waals surface area (Å²) in [5, 5.41) is 8.34. The average Bonchev–Trinajstić information content (AvgIpc) is 2.85. The van der Waals surface area contributed by atoms with Crippen molar-refractivity contribution in [3.05, 3.63) is 38.0 Å². The van der Waals surface area contributed by atoms with Crippen molar-refractivity contribution in [3.8, 4) is 0 Å². The van der Waals surface area contributed by atoms with Crippen molar-refractivity contribution < 1.29 is 10.2 Å². The van der Waals surface area contributed by atoms with Gasteiger partial charge in [-0.15, -0.1) is 10.2 Å². The molecular weight excluding hydrogens is 306 g/mol. The lowest BCUT2D eigenvalue weighted by Crippen LogP contribution is -2.54. The Hall–Kier alpha value is -1.87. The summed E-state index contributed by atoms with van der Waals surface area (Å²) in [6.45, 7) is 5.89. The number of H-pyrrole nitrogens is 2. The van der Waals surface area contributed by atoms with E-state index in [4.69, 9.17) is 4.42 Å². The maximum Gasteiger partial charge on any atom is 0.325 e. The van der Waals surface area contributed by atoms with E-state index >= 15 is 0 Å². The molecular formula is C13H20N5O3S+. The van der Waals surface area contributed by atoms with Gasteiger partial charge in [0.05, 0.1) is 0 Å². The molecule has 2 heterocycles. The highest BCUT2D eigenvalue weighted by Gasteiger charge is 2.19. The Balaban J connectivity index is 2.06. The standard InChI is InChI=1S/C13H19N5O3S/c1-6(2)4-9(14)11-17-18-13(21-11)22-5-8-7(3)15-12(20)16-10(8)19/h6,9H,4-5,14H2,1-3H3,(H2,15,16,19,20)/p+1. The molecule has 120 valence electrons. The third-order valence-electron chi connectivity index (χ3n) is 3.12. The lowest BCUT2D eigenvalue weighted by molar-refractivity contribution is -0.435. The first-order valence-electron chi connectivity index (χ1n) is 6.98. The zero-order valence-corrected chi connectivity index (χ0v) is 13.6. The number of quaternary nitrogens is 1. The maximum absolute atomic E-state index is 11.8. The van der Waals surface area contributed by atoms with E-state index in [1.54, 1.807) is 6.92 Å². The summed E-state index contributed by atoms with van der Waals surface area (Å²) in [7, 11) is 0. The summed E-state index contributed by atoms with van der Waals surface area (Å²) >= 11 is 1.25. The van der Waals surface area contributed by atoms with Crippen LogP contribution in [-0.4, -0.2) is 20.2 Å². The second-order valence-electron chi connectivity index (χ2n) is 5.53. The molecule has 0 radical (unpaired) electrons. The molecule has 2 aromatic rings. The van der Waals surface area contributed by atoms with Crippen LogP contribution in [0.2, 0.25) is 0 Å². The third kappa shape index (κ3) is 4.08. The summed E-state index contributed by atoms with van der Waals surface area (Å²) in [6.07, 6.45) is 0.866. The Morgan fingerprint density at radius 2 is 2.00 bits per heavy atom. The molecule has 0 aliphatic carbocycles. The number of nitrogens with one attached hydrogen (secondary N) is 2. The molecule has 1 atom stereocenters. The highest BCUT2D eigenvalue weighted by molar-refractivity contribution is 7.98. The summed E-state index contributed by atoms with van der Waals surface area (Å²) in [5.41, 5.74) is 4.13. The molecule has 0 aliphatic rings. The summed E-state index contributed by atoms with van der Waals surface area (Å²) in [4.78, 5) is 27.7. The molecule has 0 amide bonds. The van der Waals surface area contributed by atoms with Crippen molar-refractivity contribution in [2.75, 3.05) is 0 Å². The van der Waals surface area contributed by atoms with Gasteiger partial charge in [-0.1, -0.05) is 25.6 Å². The van der Waals surface area contributed by atoms with Crippen LogP contribution >= 0.6 is 11.8 Å². The zero-order chi connectivity index (χ0) is 16.3. The number of rotatable bonds is 6. The van der Waals surface area contributed by atoms with E-state index in [2.05, 4.69) is 39.7 Å². The van der Waals surface area contributed by atoms with Gasteiger partial charge in [0.25, 0.3) is 16.7 Å². The van der Waals surface area contributed by atoms with Crippen molar-refractivity contribution >= 4 is 11.8 Å². The molecule has 0 saturated carbocycles. The summed E-state index contributed by atoms with van der Waals surface area (Å²) < 4.78 is 5.57. The minimum Gasteiger partial charge on any atom is -0.410 e. The topological polar surface area (TPSA) is 132 Å². The van der Waals surface area contributed by atoms with Crippen LogP contribution in [0.25, 0.3) is 0 Å². The Labute approximate surface area is 130 Å². The van der Waals surface area contributed by atoms with Crippen LogP contribution in [0.1, 0.15) is 43.5 Å². The Bertz CT molecular complexity index is 749. The molecule has 0 saturated heterocycles. The average molecular weight is 326 g/mol. The number of aryl methyl sites for hydroxylation is 1. The minimum absolute atomic E-state index is 0.0416. The van der Waals surface area contributed by atoms with Crippen LogP contribution in [0, 0.1) is 12.8 Å². The predicted octanol–water partition coefficient (Wildman–Crippen LogP) is 0.376. The predicted molar refractivity (Wildman–Crippen MR) is 81.4 cm³/mol. The number of nitrogens with zero attached hydrogens (tertiary/aromatic N) is 2. The Morgan fingerprint density at radius 3 is 2.64 bits per heavy atom. The van der Waals surface area contributed by atoms with E-state index in [0.717, 1.165) is 6.42 Å². The van der Waals surface area contributed by atoms with Crippen molar-refractivity contribution in [2.24, 2.45) is 5.92 Å². The van der Waals surface area contributed by atoms with E-state index in [9.17, 15) is 9.59 Å². The van der Waals surface area contributed by atoms with Crippen LogP contribution in [0.5, 0.6) is 0 Å². The largest absolute Gasteiger partial charge is 0.410 e. The first-order chi connectivity index (χ1) is 10.4. The van der Waals surface area contributed by atoms with E-state index in [-0.39, 0.29) is 6.04 Å². The van der Waals surface area contributed by atoms with Crippen LogP contribution in [0.4, 0.5) is 0 Å². The third-order valence-corrected chi connectivity index (χ3v) is 3.97. The monoisotopic (exact) mass is 326 g/mol. The molecule has 0 spiro atoms. The first kappa shape index (κ1) is 16.5. The Kier molecular flexibility index (Phi) is 5.19. The molecule has 0 bridgehead atoms. The van der Waals surface area contributed by atoms with E-state index < -0.39 is 11.2 Å². The van der Waals surface area contributed by atoms with Crippen molar-refractivity contribution in [1.29, 1.82) is 0 Å². The lowest BCUT2D eigenvalue weighted by atomic mass is 10.1. The molecule has 1 unspecified atom stereocenters. The smallest absolute Gasteiger partial charge is 0.325 e. The van der Waals surface area contributed by atoms with Gasteiger partial charge in [0.1, 0.15) is 0 Å². The highest BCUT2D eigenvalue weighted by Crippen LogP contribution is 2.23. The van der Waals surface area contributed by atoms with Gasteiger partial charge in [-0.25, -0.2) is 4.79 Å². The molecule has 8 nitrogen and oxygen atoms in total. The normalized spacial score (nSPS) is 12.8. The van der Waals surface area contributed by atoms with Gasteiger partial charge < -0.3 is 15.1 Å². The zero-order valence-electron chi connectivity index (χ0n) is 12.8. The fourth-order valence-electron chi connectivity index (χ4n) is 2.05. The molecule has 0 aliphatic heterocycles. The number of aromatic amines is 2. The highest BCUT2D eigenvalue weighted by atomic mass is 32.2. The summed E-state index contributed by atoms with van der Waals surface area (Å²) in [6, 6.07) is -0.0416. The molecule has 22 heavy (non-hydrogen) atoms. The second-order valence-corrected chi connectivity index (χ2v) is 6.46. The number of aromatic nitrogens is 4. The van der Waals surface area contributed by atoms with E-state index in [1.165, 1.54) is 11.8 Å². The molecule has 0 aromatic carbocycles. The molecule has 2 rings (SSSR count). The fraction of sp³-hybridized carbons (Fsp3) is 0.538. The molecule has 9 heteroatoms. The minimum atomic E-state index is -0.509. The maximum atomic E-state index is 11.8. The fourth-order valence-corrected chi connectivity index (χ4v) is 2.91. The van der Waals surface area contributed by atoms with Crippen molar-refractivity contribution in [3.63, 3.8) is 0 Å². The van der Waals surface area contributed by atoms with Crippen LogP contribution in [0.3, 0.4) is 0 Å². The molecule has 0 fully saturated rings. The van der Waals surface area contributed by atoms with Gasteiger partial charge in [0.15, 0.2) is 6.04 Å². The SMILES string of the molecule is Cc1[nH]c(=O)[nH]c(=O)c1CSc1nnc(C([NH3+])CC(C)C)o1. The number of hydrogen-bond donors (Lipinski definition) is 3. The first-order valence-corrected chi connectivity index (χ1v) is 7.96. The van der Waals surface area contributed by atoms with Crippen LogP contribution < -0.4 is 17.0 Å². The molecule has 2 aromatic heterocycles.